The Morgan fingerprint density at radius 2 is 1.03 bits per heavy atom. The van der Waals surface area contributed by atoms with Crippen LogP contribution in [0.25, 0.3) is 5.57 Å². The van der Waals surface area contributed by atoms with Crippen LogP contribution >= 0.6 is 0 Å². The van der Waals surface area contributed by atoms with Gasteiger partial charge in [-0.1, -0.05) is 70.5 Å². The van der Waals surface area contributed by atoms with Crippen LogP contribution in [0.4, 0.5) is 0 Å². The number of benzene rings is 3. The smallest absolute Gasteiger partial charge is 0.0629 e. The summed E-state index contributed by atoms with van der Waals surface area (Å²) in [5.41, 5.74) is 16.1. The number of rotatable bonds is 5. The van der Waals surface area contributed by atoms with E-state index in [0.29, 0.717) is 5.92 Å². The van der Waals surface area contributed by atoms with Crippen molar-refractivity contribution < 1.29 is 0 Å². The molecule has 0 aromatic heterocycles. The lowest BCUT2D eigenvalue weighted by molar-refractivity contribution is 0.884. The van der Waals surface area contributed by atoms with Crippen molar-refractivity contribution in [1.82, 2.24) is 0 Å². The van der Waals surface area contributed by atoms with Gasteiger partial charge in [0.1, 0.15) is 8.80 Å². The highest BCUT2D eigenvalue weighted by atomic mass is 28.3. The van der Waals surface area contributed by atoms with Gasteiger partial charge in [0, 0.05) is 5.92 Å². The Hall–Kier alpha value is -2.64. The molecule has 0 N–H and O–H groups in total. The number of hydrogen-bond acceptors (Lipinski definition) is 0. The summed E-state index contributed by atoms with van der Waals surface area (Å²) in [6.45, 7) is 20.7. The van der Waals surface area contributed by atoms with Crippen molar-refractivity contribution in [2.24, 2.45) is 5.92 Å². The first-order valence-electron chi connectivity index (χ1n) is 12.7. The van der Waals surface area contributed by atoms with Gasteiger partial charge in [-0.25, -0.2) is 0 Å². The highest BCUT2D eigenvalue weighted by Gasteiger charge is 2.32. The normalized spacial score (nSPS) is 16.2. The average Bonchev–Trinajstić information content (AvgIpc) is 3.02. The summed E-state index contributed by atoms with van der Waals surface area (Å²) in [7, 11) is -1.48. The zero-order chi connectivity index (χ0) is 24.7. The van der Waals surface area contributed by atoms with Gasteiger partial charge in [-0.15, -0.1) is 0 Å². The van der Waals surface area contributed by atoms with E-state index in [2.05, 4.69) is 117 Å². The van der Waals surface area contributed by atoms with Gasteiger partial charge in [0.15, 0.2) is 0 Å². The van der Waals surface area contributed by atoms with Crippen LogP contribution in [-0.2, 0) is 0 Å². The second kappa shape index (κ2) is 9.54. The molecule has 0 aliphatic heterocycles. The Kier molecular flexibility index (Phi) is 6.87. The minimum absolute atomic E-state index is 0.489. The first kappa shape index (κ1) is 24.5. The van der Waals surface area contributed by atoms with Gasteiger partial charge in [0.2, 0.25) is 0 Å². The molecule has 34 heavy (non-hydrogen) atoms. The zero-order valence-electron chi connectivity index (χ0n) is 22.6. The molecule has 1 atom stereocenters. The highest BCUT2D eigenvalue weighted by Crippen LogP contribution is 2.45. The Balaban J connectivity index is 1.88. The van der Waals surface area contributed by atoms with Gasteiger partial charge in [-0.3, -0.25) is 0 Å². The van der Waals surface area contributed by atoms with Gasteiger partial charge >= 0.3 is 0 Å². The maximum atomic E-state index is 2.50. The molecular weight excluding hydrogens is 424 g/mol. The largest absolute Gasteiger partial charge is 0.104 e. The molecule has 1 heteroatoms. The molecule has 3 aromatic rings. The molecule has 0 saturated heterocycles. The monoisotopic (exact) mass is 464 g/mol. The lowest BCUT2D eigenvalue weighted by Gasteiger charge is -2.26. The molecule has 0 fully saturated rings. The van der Waals surface area contributed by atoms with Crippen molar-refractivity contribution in [3.05, 3.63) is 110 Å². The summed E-state index contributed by atoms with van der Waals surface area (Å²) in [5, 5.41) is 3.18. The summed E-state index contributed by atoms with van der Waals surface area (Å²) >= 11 is 0. The average molecular weight is 465 g/mol. The molecule has 0 nitrogen and oxygen atoms in total. The third-order valence-corrected chi connectivity index (χ3v) is 11.9. The minimum Gasteiger partial charge on any atom is -0.0629 e. The molecular formula is C33H40Si. The van der Waals surface area contributed by atoms with Crippen LogP contribution in [0.5, 0.6) is 0 Å². The van der Waals surface area contributed by atoms with Gasteiger partial charge in [-0.2, -0.15) is 0 Å². The van der Waals surface area contributed by atoms with Crippen LogP contribution in [0.2, 0.25) is 6.04 Å². The summed E-state index contributed by atoms with van der Waals surface area (Å²) in [6.07, 6.45) is 0. The van der Waals surface area contributed by atoms with E-state index in [4.69, 9.17) is 0 Å². The summed E-state index contributed by atoms with van der Waals surface area (Å²) in [5.74, 6) is 0.489. The highest BCUT2D eigenvalue weighted by molar-refractivity contribution is 6.85. The fourth-order valence-corrected chi connectivity index (χ4v) is 9.60. The predicted molar refractivity (Wildman–Crippen MR) is 153 cm³/mol. The maximum absolute atomic E-state index is 2.50. The second-order valence-corrected chi connectivity index (χ2v) is 13.5. The van der Waals surface area contributed by atoms with Crippen LogP contribution in [0, 0.1) is 47.5 Å². The van der Waals surface area contributed by atoms with Gasteiger partial charge < -0.3 is 0 Å². The number of allylic oxidation sites excluding steroid dienone is 4. The maximum Gasteiger partial charge on any atom is 0.104 e. The number of hydrogen-bond donors (Lipinski definition) is 0. The van der Waals surface area contributed by atoms with Crippen molar-refractivity contribution in [3.8, 4) is 0 Å². The predicted octanol–water partition coefficient (Wildman–Crippen LogP) is 7.32. The van der Waals surface area contributed by atoms with Crippen molar-refractivity contribution >= 4 is 24.7 Å². The molecule has 1 aliphatic rings. The van der Waals surface area contributed by atoms with Crippen molar-refractivity contribution in [2.75, 3.05) is 0 Å². The molecule has 0 radical (unpaired) electrons. The quantitative estimate of drug-likeness (QED) is 0.347. The molecule has 4 rings (SSSR count). The molecule has 1 unspecified atom stereocenters. The van der Waals surface area contributed by atoms with Crippen molar-refractivity contribution in [2.45, 2.75) is 68.4 Å². The fraction of sp³-hybridized carbons (Fsp3) is 0.333. The molecule has 0 heterocycles. The van der Waals surface area contributed by atoms with Crippen LogP contribution < -0.4 is 10.4 Å². The van der Waals surface area contributed by atoms with Crippen LogP contribution in [0.1, 0.15) is 59.7 Å². The zero-order valence-corrected chi connectivity index (χ0v) is 23.7. The minimum atomic E-state index is -1.48. The third-order valence-electron chi connectivity index (χ3n) is 8.69. The molecule has 3 aromatic carbocycles. The van der Waals surface area contributed by atoms with E-state index >= 15 is 0 Å². The van der Waals surface area contributed by atoms with E-state index in [-0.39, 0.29) is 0 Å². The molecule has 1 aliphatic carbocycles. The van der Waals surface area contributed by atoms with E-state index in [9.17, 15) is 0 Å². The van der Waals surface area contributed by atoms with E-state index in [1.165, 1.54) is 56.1 Å². The topological polar surface area (TPSA) is 0 Å². The Morgan fingerprint density at radius 1 is 0.588 bits per heavy atom. The standard InChI is InChI=1S/C33H40Si/c1-20-15-30(16-21(2)24(20)5)34(31-17-22(3)25(6)23(4)18-31)19-32-27(8)26(7)28(9)33(32)29-13-11-10-12-14-29/h10-18,32,34H,19H2,1-9H3. The van der Waals surface area contributed by atoms with Crippen LogP contribution in [0.15, 0.2) is 71.3 Å². The van der Waals surface area contributed by atoms with Crippen LogP contribution in [-0.4, -0.2) is 8.80 Å². The lowest BCUT2D eigenvalue weighted by atomic mass is 9.91. The molecule has 0 amide bonds. The van der Waals surface area contributed by atoms with Crippen LogP contribution in [0.3, 0.4) is 0 Å². The number of aryl methyl sites for hydroxylation is 4. The molecule has 0 bridgehead atoms. The summed E-state index contributed by atoms with van der Waals surface area (Å²) in [6, 6.07) is 22.3. The Labute approximate surface area is 209 Å². The van der Waals surface area contributed by atoms with Gasteiger partial charge in [0.05, 0.1) is 0 Å². The Morgan fingerprint density at radius 3 is 1.47 bits per heavy atom. The first-order valence-corrected chi connectivity index (χ1v) is 14.7. The first-order chi connectivity index (χ1) is 16.1. The molecule has 0 saturated carbocycles. The van der Waals surface area contributed by atoms with Crippen molar-refractivity contribution in [3.63, 3.8) is 0 Å². The second-order valence-electron chi connectivity index (χ2n) is 10.6. The third kappa shape index (κ3) is 4.39. The summed E-state index contributed by atoms with van der Waals surface area (Å²) in [4.78, 5) is 0. The molecule has 0 spiro atoms. The van der Waals surface area contributed by atoms with E-state index < -0.39 is 8.80 Å². The van der Waals surface area contributed by atoms with Gasteiger partial charge in [0.25, 0.3) is 0 Å². The van der Waals surface area contributed by atoms with E-state index in [1.54, 1.807) is 21.5 Å². The SMILES string of the molecule is CC1=C(C)C(C[SiH](c2cc(C)c(C)c(C)c2)c2cc(C)c(C)c(C)c2)C(c2ccccc2)=C1C. The lowest BCUT2D eigenvalue weighted by Crippen LogP contribution is -2.44. The van der Waals surface area contributed by atoms with Crippen molar-refractivity contribution in [1.29, 1.82) is 0 Å². The summed E-state index contributed by atoms with van der Waals surface area (Å²) < 4.78 is 0. The Bertz CT molecular complexity index is 1200. The fourth-order valence-electron chi connectivity index (χ4n) is 5.81. The van der Waals surface area contributed by atoms with E-state index in [1.807, 2.05) is 0 Å². The van der Waals surface area contributed by atoms with E-state index in [0.717, 1.165) is 0 Å². The molecule has 176 valence electrons. The van der Waals surface area contributed by atoms with Gasteiger partial charge in [-0.05, 0) is 124 Å².